The molecule has 5 heteroatoms. The zero-order valence-electron chi connectivity index (χ0n) is 33.6. The van der Waals surface area contributed by atoms with Gasteiger partial charge in [-0.25, -0.2) is 4.98 Å². The van der Waals surface area contributed by atoms with E-state index in [0.717, 1.165) is 34.0 Å². The number of pyridine rings is 1. The number of allylic oxidation sites excluding steroid dienone is 1. The Kier molecular flexibility index (Phi) is 8.96. The van der Waals surface area contributed by atoms with Crippen LogP contribution in [0, 0.1) is 5.41 Å². The molecule has 3 heterocycles. The molecule has 9 rings (SSSR count). The first-order valence-electron chi connectivity index (χ1n) is 19.8. The van der Waals surface area contributed by atoms with Gasteiger partial charge in [-0.1, -0.05) is 133 Å². The summed E-state index contributed by atoms with van der Waals surface area (Å²) in [6, 6.07) is 55.9. The Morgan fingerprint density at radius 1 is 0.544 bits per heavy atom. The van der Waals surface area contributed by atoms with Gasteiger partial charge < -0.3 is 14.5 Å². The molecule has 0 saturated heterocycles. The van der Waals surface area contributed by atoms with E-state index in [2.05, 4.69) is 214 Å². The van der Waals surface area contributed by atoms with E-state index in [1.54, 1.807) is 0 Å². The zero-order chi connectivity index (χ0) is 39.3. The van der Waals surface area contributed by atoms with Gasteiger partial charge in [0.25, 0.3) is 0 Å². The average molecular weight is 745 g/mol. The van der Waals surface area contributed by atoms with E-state index in [4.69, 9.17) is 9.72 Å². The van der Waals surface area contributed by atoms with Crippen LogP contribution in [0.4, 0.5) is 11.4 Å². The van der Waals surface area contributed by atoms with E-state index >= 15 is 0 Å². The monoisotopic (exact) mass is 744 g/mol. The second-order valence-electron chi connectivity index (χ2n) is 17.1. The van der Waals surface area contributed by atoms with Gasteiger partial charge in [0.05, 0.1) is 23.4 Å². The number of hydrogen-bond donors (Lipinski definition) is 0. The standard InChI is InChI=1S/C52H48N4O/c1-51(2,3)39-28-29-53-50(31-39)56-47-23-14-13-22-43(47)44-26-25-42(33-48(44)56)57-41-21-15-20-40(32-41)55-35-54(34-49(55)52(4,5)6)46-27-24-38(36-16-9-7-10-17-36)30-45(46)37-18-11-8-12-19-37/h7-34H,35H2,1-6H3. The van der Waals surface area contributed by atoms with E-state index in [1.807, 2.05) is 12.3 Å². The Balaban J connectivity index is 1.06. The maximum atomic E-state index is 6.72. The third kappa shape index (κ3) is 6.95. The number of anilines is 2. The van der Waals surface area contributed by atoms with Crippen LogP contribution < -0.4 is 14.5 Å². The minimum Gasteiger partial charge on any atom is -0.457 e. The summed E-state index contributed by atoms with van der Waals surface area (Å²) < 4.78 is 8.98. The fourth-order valence-corrected chi connectivity index (χ4v) is 8.02. The molecule has 0 saturated carbocycles. The number of ether oxygens (including phenoxy) is 1. The molecule has 5 nitrogen and oxygen atoms in total. The number of aromatic nitrogens is 2. The number of nitrogens with zero attached hydrogens (tertiary/aromatic N) is 4. The van der Waals surface area contributed by atoms with Crippen LogP contribution in [0.25, 0.3) is 49.9 Å². The molecule has 0 amide bonds. The van der Waals surface area contributed by atoms with Crippen LogP contribution in [0.15, 0.2) is 176 Å². The summed E-state index contributed by atoms with van der Waals surface area (Å²) in [6.45, 7) is 14.2. The largest absolute Gasteiger partial charge is 0.457 e. The molecule has 57 heavy (non-hydrogen) atoms. The van der Waals surface area contributed by atoms with Crippen LogP contribution in [-0.4, -0.2) is 16.2 Å². The van der Waals surface area contributed by atoms with Gasteiger partial charge in [0.2, 0.25) is 0 Å². The third-order valence-electron chi connectivity index (χ3n) is 11.0. The maximum Gasteiger partial charge on any atom is 0.137 e. The highest BCUT2D eigenvalue weighted by atomic mass is 16.5. The molecule has 0 atom stereocenters. The Labute approximate surface area is 336 Å². The van der Waals surface area contributed by atoms with Crippen molar-refractivity contribution in [3.8, 4) is 39.6 Å². The summed E-state index contributed by atoms with van der Waals surface area (Å²) >= 11 is 0. The van der Waals surface area contributed by atoms with Crippen LogP contribution in [0.3, 0.4) is 0 Å². The van der Waals surface area contributed by atoms with E-state index < -0.39 is 0 Å². The summed E-state index contributed by atoms with van der Waals surface area (Å²) in [5.41, 5.74) is 11.6. The number of benzene rings is 6. The van der Waals surface area contributed by atoms with Crippen molar-refractivity contribution in [2.45, 2.75) is 47.0 Å². The highest BCUT2D eigenvalue weighted by Crippen LogP contribution is 2.43. The average Bonchev–Trinajstić information content (AvgIpc) is 3.82. The lowest BCUT2D eigenvalue weighted by molar-refractivity contribution is 0.481. The van der Waals surface area contributed by atoms with Crippen molar-refractivity contribution in [2.24, 2.45) is 5.41 Å². The van der Waals surface area contributed by atoms with E-state index in [0.29, 0.717) is 6.67 Å². The molecular weight excluding hydrogens is 697 g/mol. The van der Waals surface area contributed by atoms with Crippen molar-refractivity contribution in [1.29, 1.82) is 0 Å². The van der Waals surface area contributed by atoms with E-state index in [-0.39, 0.29) is 10.8 Å². The summed E-state index contributed by atoms with van der Waals surface area (Å²) in [6.07, 6.45) is 4.25. The Hall–Kier alpha value is -6.59. The first-order chi connectivity index (χ1) is 27.5. The van der Waals surface area contributed by atoms with Gasteiger partial charge in [0, 0.05) is 57.7 Å². The summed E-state index contributed by atoms with van der Waals surface area (Å²) in [5, 5.41) is 2.35. The Morgan fingerprint density at radius 3 is 2.00 bits per heavy atom. The van der Waals surface area contributed by atoms with E-state index in [9.17, 15) is 0 Å². The fraction of sp³-hybridized carbons (Fsp3) is 0.173. The number of rotatable bonds is 7. The zero-order valence-corrected chi connectivity index (χ0v) is 33.6. The number of hydrogen-bond acceptors (Lipinski definition) is 4. The lowest BCUT2D eigenvalue weighted by Gasteiger charge is -2.31. The van der Waals surface area contributed by atoms with Gasteiger partial charge in [0.1, 0.15) is 17.3 Å². The summed E-state index contributed by atoms with van der Waals surface area (Å²) in [4.78, 5) is 9.68. The number of fused-ring (bicyclic) bond motifs is 3. The van der Waals surface area contributed by atoms with Crippen LogP contribution in [0.5, 0.6) is 11.5 Å². The molecular formula is C52H48N4O. The lowest BCUT2D eigenvalue weighted by atomic mass is 9.88. The predicted molar refractivity (Wildman–Crippen MR) is 238 cm³/mol. The SMILES string of the molecule is CC(C)(C)C1=CN(c2ccc(-c3ccccc3)cc2-c2ccccc2)CN1c1cccc(Oc2ccc3c4ccccc4n(-c4cc(C(C)(C)C)ccn4)c3c2)c1. The van der Waals surface area contributed by atoms with Crippen LogP contribution in [-0.2, 0) is 5.41 Å². The molecule has 0 radical (unpaired) electrons. The van der Waals surface area contributed by atoms with Crippen LogP contribution in [0.1, 0.15) is 47.1 Å². The first kappa shape index (κ1) is 36.1. The van der Waals surface area contributed by atoms with Gasteiger partial charge in [-0.15, -0.1) is 0 Å². The van der Waals surface area contributed by atoms with Crippen molar-refractivity contribution in [1.82, 2.24) is 9.55 Å². The molecule has 2 aromatic heterocycles. The van der Waals surface area contributed by atoms with Crippen LogP contribution in [0.2, 0.25) is 0 Å². The second kappa shape index (κ2) is 14.2. The predicted octanol–water partition coefficient (Wildman–Crippen LogP) is 13.8. The molecule has 1 aliphatic rings. The van der Waals surface area contributed by atoms with Gasteiger partial charge in [-0.3, -0.25) is 4.57 Å². The van der Waals surface area contributed by atoms with Crippen molar-refractivity contribution < 1.29 is 4.74 Å². The molecule has 0 bridgehead atoms. The topological polar surface area (TPSA) is 33.5 Å². The van der Waals surface area contributed by atoms with Gasteiger partial charge >= 0.3 is 0 Å². The highest BCUT2D eigenvalue weighted by molar-refractivity contribution is 6.09. The molecule has 0 unspecified atom stereocenters. The van der Waals surface area contributed by atoms with E-state index in [1.165, 1.54) is 50.0 Å². The molecule has 0 N–H and O–H groups in total. The molecule has 6 aromatic carbocycles. The Bertz CT molecular complexity index is 2770. The maximum absolute atomic E-state index is 6.72. The highest BCUT2D eigenvalue weighted by Gasteiger charge is 2.32. The summed E-state index contributed by atoms with van der Waals surface area (Å²) in [7, 11) is 0. The van der Waals surface area contributed by atoms with Gasteiger partial charge in [-0.05, 0) is 82.3 Å². The molecule has 8 aromatic rings. The minimum absolute atomic E-state index is 0.00132. The smallest absolute Gasteiger partial charge is 0.137 e. The van der Waals surface area contributed by atoms with Crippen molar-refractivity contribution >= 4 is 33.2 Å². The molecule has 0 spiro atoms. The van der Waals surface area contributed by atoms with Crippen molar-refractivity contribution in [3.05, 3.63) is 181 Å². The molecule has 0 fully saturated rings. The normalized spacial score (nSPS) is 13.4. The molecule has 0 aliphatic carbocycles. The molecule has 282 valence electrons. The fourth-order valence-electron chi connectivity index (χ4n) is 8.02. The molecule has 1 aliphatic heterocycles. The first-order valence-corrected chi connectivity index (χ1v) is 19.8. The Morgan fingerprint density at radius 2 is 1.25 bits per heavy atom. The quantitative estimate of drug-likeness (QED) is 0.163. The van der Waals surface area contributed by atoms with Crippen molar-refractivity contribution in [2.75, 3.05) is 16.5 Å². The third-order valence-corrected chi connectivity index (χ3v) is 11.0. The van der Waals surface area contributed by atoms with Gasteiger partial charge in [-0.2, -0.15) is 0 Å². The lowest BCUT2D eigenvalue weighted by Crippen LogP contribution is -2.30. The van der Waals surface area contributed by atoms with Crippen molar-refractivity contribution in [3.63, 3.8) is 0 Å². The summed E-state index contributed by atoms with van der Waals surface area (Å²) in [5.74, 6) is 2.46. The van der Waals surface area contributed by atoms with Crippen LogP contribution >= 0.6 is 0 Å². The number of para-hydroxylation sites is 1. The van der Waals surface area contributed by atoms with Gasteiger partial charge in [0.15, 0.2) is 0 Å². The minimum atomic E-state index is -0.112. The second-order valence-corrected chi connectivity index (χ2v) is 17.1.